The van der Waals surface area contributed by atoms with Crippen LogP contribution in [0.1, 0.15) is 0 Å². The first-order valence-corrected chi connectivity index (χ1v) is 6.71. The van der Waals surface area contributed by atoms with Gasteiger partial charge in [-0.25, -0.2) is 0 Å². The number of hydrogen-bond donors (Lipinski definition) is 2. The number of halogens is 3. The van der Waals surface area contributed by atoms with Crippen LogP contribution in [0.3, 0.4) is 0 Å². The Morgan fingerprint density at radius 2 is 1.76 bits per heavy atom. The number of hydrogen-bond acceptors (Lipinski definition) is 2. The minimum absolute atomic E-state index is 0.432. The maximum Gasteiger partial charge on any atom is 0.248 e. The number of benzene rings is 1. The molecule has 0 aliphatic rings. The molecule has 0 aromatic heterocycles. The van der Waals surface area contributed by atoms with Gasteiger partial charge in [0, 0.05) is 21.1 Å². The van der Waals surface area contributed by atoms with Gasteiger partial charge >= 0.3 is 0 Å². The monoisotopic (exact) mass is 424 g/mol. The zero-order valence-corrected chi connectivity index (χ0v) is 13.1. The lowest BCUT2D eigenvalue weighted by Gasteiger charge is -2.07. The standard InChI is InChI=1S/C10H7Br3N2O2/c11-5-1-2-6(10(13)9(5)12)15-8(17)4-3-7(14)16/h1-4H,(H2,14,16)(H,15,17)/b4-3+. The summed E-state index contributed by atoms with van der Waals surface area (Å²) in [5.74, 6) is -1.10. The molecule has 1 aromatic carbocycles. The van der Waals surface area contributed by atoms with Crippen LogP contribution < -0.4 is 11.1 Å². The molecule has 0 aliphatic carbocycles. The second-order valence-corrected chi connectivity index (χ2v) is 5.39. The van der Waals surface area contributed by atoms with E-state index in [1.807, 2.05) is 0 Å². The number of anilines is 1. The van der Waals surface area contributed by atoms with Gasteiger partial charge in [0.2, 0.25) is 11.8 Å². The molecule has 1 aromatic rings. The topological polar surface area (TPSA) is 72.2 Å². The lowest BCUT2D eigenvalue weighted by molar-refractivity contribution is -0.115. The van der Waals surface area contributed by atoms with E-state index in [2.05, 4.69) is 53.1 Å². The van der Waals surface area contributed by atoms with Crippen molar-refractivity contribution in [2.75, 3.05) is 5.32 Å². The van der Waals surface area contributed by atoms with Gasteiger partial charge in [0.1, 0.15) is 0 Å². The first-order chi connectivity index (χ1) is 7.91. The van der Waals surface area contributed by atoms with E-state index in [9.17, 15) is 9.59 Å². The van der Waals surface area contributed by atoms with Crippen molar-refractivity contribution in [3.63, 3.8) is 0 Å². The molecular formula is C10H7Br3N2O2. The highest BCUT2D eigenvalue weighted by molar-refractivity contribution is 9.14. The first-order valence-electron chi connectivity index (χ1n) is 4.34. The van der Waals surface area contributed by atoms with Crippen LogP contribution in [0.5, 0.6) is 0 Å². The molecule has 0 unspecified atom stereocenters. The molecule has 2 amide bonds. The predicted molar refractivity (Wildman–Crippen MR) is 76.5 cm³/mol. The van der Waals surface area contributed by atoms with Crippen molar-refractivity contribution in [2.45, 2.75) is 0 Å². The molecule has 0 radical (unpaired) electrons. The highest BCUT2D eigenvalue weighted by atomic mass is 79.9. The first kappa shape index (κ1) is 14.4. The van der Waals surface area contributed by atoms with Crippen molar-refractivity contribution in [3.05, 3.63) is 37.7 Å². The highest BCUT2D eigenvalue weighted by Gasteiger charge is 2.08. The molecule has 0 fully saturated rings. The lowest BCUT2D eigenvalue weighted by Crippen LogP contribution is -2.11. The van der Waals surface area contributed by atoms with Crippen molar-refractivity contribution in [1.82, 2.24) is 0 Å². The zero-order valence-electron chi connectivity index (χ0n) is 8.34. The molecule has 0 heterocycles. The van der Waals surface area contributed by atoms with E-state index in [0.717, 1.165) is 21.1 Å². The van der Waals surface area contributed by atoms with Gasteiger partial charge in [-0.05, 0) is 59.9 Å². The van der Waals surface area contributed by atoms with Crippen LogP contribution in [0.25, 0.3) is 0 Å². The molecule has 0 aliphatic heterocycles. The van der Waals surface area contributed by atoms with Crippen molar-refractivity contribution >= 4 is 65.3 Å². The van der Waals surface area contributed by atoms with Crippen LogP contribution in [0.2, 0.25) is 0 Å². The number of nitrogens with one attached hydrogen (secondary N) is 1. The van der Waals surface area contributed by atoms with Crippen LogP contribution >= 0.6 is 47.8 Å². The summed E-state index contributed by atoms with van der Waals surface area (Å²) in [5, 5.41) is 2.60. The summed E-state index contributed by atoms with van der Waals surface area (Å²) >= 11 is 10.0. The number of primary amides is 1. The summed E-state index contributed by atoms with van der Waals surface area (Å²) in [6.07, 6.45) is 2.07. The summed E-state index contributed by atoms with van der Waals surface area (Å²) in [7, 11) is 0. The molecule has 0 saturated heterocycles. The number of carbonyl (C=O) groups excluding carboxylic acids is 2. The van der Waals surface area contributed by atoms with Crippen LogP contribution in [0.15, 0.2) is 37.7 Å². The Balaban J connectivity index is 2.86. The average molecular weight is 427 g/mol. The Hall–Kier alpha value is -0.660. The smallest absolute Gasteiger partial charge is 0.248 e. The minimum Gasteiger partial charge on any atom is -0.366 e. The van der Waals surface area contributed by atoms with Gasteiger partial charge in [0.25, 0.3) is 0 Å². The van der Waals surface area contributed by atoms with Crippen molar-refractivity contribution in [1.29, 1.82) is 0 Å². The number of amides is 2. The van der Waals surface area contributed by atoms with Crippen LogP contribution in [-0.2, 0) is 9.59 Å². The summed E-state index contributed by atoms with van der Waals surface area (Å²) in [5.41, 5.74) is 5.46. The largest absolute Gasteiger partial charge is 0.366 e. The van der Waals surface area contributed by atoms with Crippen molar-refractivity contribution in [2.24, 2.45) is 5.73 Å². The van der Waals surface area contributed by atoms with Gasteiger partial charge in [-0.2, -0.15) is 0 Å². The summed E-state index contributed by atoms with van der Waals surface area (Å²) in [6, 6.07) is 3.50. The Morgan fingerprint density at radius 3 is 2.35 bits per heavy atom. The third kappa shape index (κ3) is 4.25. The van der Waals surface area contributed by atoms with Crippen molar-refractivity contribution in [3.8, 4) is 0 Å². The van der Waals surface area contributed by atoms with E-state index in [1.165, 1.54) is 0 Å². The second-order valence-electron chi connectivity index (χ2n) is 2.95. The van der Waals surface area contributed by atoms with Gasteiger partial charge in [-0.3, -0.25) is 9.59 Å². The fraction of sp³-hybridized carbons (Fsp3) is 0. The van der Waals surface area contributed by atoms with E-state index < -0.39 is 11.8 Å². The Morgan fingerprint density at radius 1 is 1.12 bits per heavy atom. The molecule has 90 valence electrons. The third-order valence-electron chi connectivity index (χ3n) is 1.69. The summed E-state index contributed by atoms with van der Waals surface area (Å²) < 4.78 is 2.34. The summed E-state index contributed by atoms with van der Waals surface area (Å²) in [6.45, 7) is 0. The summed E-state index contributed by atoms with van der Waals surface area (Å²) in [4.78, 5) is 21.9. The van der Waals surface area contributed by atoms with Crippen LogP contribution in [-0.4, -0.2) is 11.8 Å². The molecule has 4 nitrogen and oxygen atoms in total. The Bertz CT molecular complexity index is 501. The number of rotatable bonds is 3. The average Bonchev–Trinajstić information content (AvgIpc) is 2.27. The maximum atomic E-state index is 11.4. The van der Waals surface area contributed by atoms with Gasteiger partial charge in [0.05, 0.1) is 10.2 Å². The van der Waals surface area contributed by atoms with E-state index >= 15 is 0 Å². The van der Waals surface area contributed by atoms with Gasteiger partial charge in [-0.1, -0.05) is 0 Å². The van der Waals surface area contributed by atoms with Crippen molar-refractivity contribution < 1.29 is 9.59 Å². The van der Waals surface area contributed by atoms with Gasteiger partial charge < -0.3 is 11.1 Å². The molecule has 1 rings (SSSR count). The molecule has 3 N–H and O–H groups in total. The molecular weight excluding hydrogens is 420 g/mol. The molecule has 0 spiro atoms. The normalized spacial score (nSPS) is 10.5. The Labute approximate surface area is 123 Å². The van der Waals surface area contributed by atoms with Crippen LogP contribution in [0, 0.1) is 0 Å². The SMILES string of the molecule is NC(=O)/C=C/C(=O)Nc1ccc(Br)c(Br)c1Br. The molecule has 0 saturated carbocycles. The molecule has 0 bridgehead atoms. The molecule has 0 atom stereocenters. The molecule has 7 heteroatoms. The quantitative estimate of drug-likeness (QED) is 0.576. The Kier molecular flexibility index (Phi) is 5.35. The van der Waals surface area contributed by atoms with E-state index in [1.54, 1.807) is 12.1 Å². The number of carbonyl (C=O) groups is 2. The van der Waals surface area contributed by atoms with Gasteiger partial charge in [0.15, 0.2) is 0 Å². The van der Waals surface area contributed by atoms with E-state index in [-0.39, 0.29) is 0 Å². The minimum atomic E-state index is -0.670. The highest BCUT2D eigenvalue weighted by Crippen LogP contribution is 2.36. The van der Waals surface area contributed by atoms with E-state index in [0.29, 0.717) is 10.2 Å². The second kappa shape index (κ2) is 6.32. The third-order valence-corrected chi connectivity index (χ3v) is 5.06. The fourth-order valence-corrected chi connectivity index (χ4v) is 2.34. The predicted octanol–water partition coefficient (Wildman–Crippen LogP) is 2.95. The fourth-order valence-electron chi connectivity index (χ4n) is 0.955. The lowest BCUT2D eigenvalue weighted by atomic mass is 10.3. The van der Waals surface area contributed by atoms with E-state index in [4.69, 9.17) is 5.73 Å². The maximum absolute atomic E-state index is 11.4. The molecule has 17 heavy (non-hydrogen) atoms. The van der Waals surface area contributed by atoms with Gasteiger partial charge in [-0.15, -0.1) is 0 Å². The number of nitrogens with two attached hydrogens (primary N) is 1. The van der Waals surface area contributed by atoms with Crippen LogP contribution in [0.4, 0.5) is 5.69 Å². The zero-order chi connectivity index (χ0) is 13.0.